The molecule has 1 aromatic carbocycles. The summed E-state index contributed by atoms with van der Waals surface area (Å²) in [6.45, 7) is 2.05. The smallest absolute Gasteiger partial charge is 0.0702 e. The summed E-state index contributed by atoms with van der Waals surface area (Å²) in [4.78, 5) is 1.14. The lowest BCUT2D eigenvalue weighted by molar-refractivity contribution is 0.883. The number of benzene rings is 1. The molecule has 1 unspecified atom stereocenters. The first-order valence-electron chi connectivity index (χ1n) is 4.85. The Balaban J connectivity index is 2.40. The van der Waals surface area contributed by atoms with Crippen molar-refractivity contribution in [2.24, 2.45) is 5.73 Å². The van der Waals surface area contributed by atoms with Gasteiger partial charge in [-0.1, -0.05) is 17.7 Å². The lowest BCUT2D eigenvalue weighted by Gasteiger charge is -2.13. The minimum Gasteiger partial charge on any atom is -0.320 e. The van der Waals surface area contributed by atoms with E-state index in [-0.39, 0.29) is 6.04 Å². The SMILES string of the molecule is Cc1ccc(Cl)cc1C(N)c1ccc(Br)s1. The Morgan fingerprint density at radius 3 is 2.69 bits per heavy atom. The summed E-state index contributed by atoms with van der Waals surface area (Å²) in [5.74, 6) is 0. The second kappa shape index (κ2) is 4.88. The molecule has 0 aliphatic heterocycles. The fraction of sp³-hybridized carbons (Fsp3) is 0.167. The van der Waals surface area contributed by atoms with Crippen LogP contribution in [0.5, 0.6) is 0 Å². The maximum atomic E-state index is 6.23. The fourth-order valence-corrected chi connectivity index (χ4v) is 3.22. The summed E-state index contributed by atoms with van der Waals surface area (Å²) in [5, 5.41) is 0.728. The van der Waals surface area contributed by atoms with Crippen molar-refractivity contribution in [3.8, 4) is 0 Å². The van der Waals surface area contributed by atoms with Crippen LogP contribution < -0.4 is 5.73 Å². The third-order valence-electron chi connectivity index (χ3n) is 2.48. The molecule has 0 saturated carbocycles. The lowest BCUT2D eigenvalue weighted by Crippen LogP contribution is -2.11. The van der Waals surface area contributed by atoms with Crippen LogP contribution >= 0.6 is 38.9 Å². The zero-order chi connectivity index (χ0) is 11.7. The van der Waals surface area contributed by atoms with Crippen LogP contribution in [0.2, 0.25) is 5.02 Å². The minimum atomic E-state index is -0.102. The van der Waals surface area contributed by atoms with E-state index in [1.165, 1.54) is 5.56 Å². The fourth-order valence-electron chi connectivity index (χ4n) is 1.60. The second-order valence-corrected chi connectivity index (χ2v) is 6.55. The van der Waals surface area contributed by atoms with E-state index in [0.717, 1.165) is 19.2 Å². The Morgan fingerprint density at radius 1 is 1.31 bits per heavy atom. The van der Waals surface area contributed by atoms with Gasteiger partial charge in [0.2, 0.25) is 0 Å². The van der Waals surface area contributed by atoms with Gasteiger partial charge in [0.05, 0.1) is 9.83 Å². The summed E-state index contributed by atoms with van der Waals surface area (Å²) in [7, 11) is 0. The molecule has 0 radical (unpaired) electrons. The Labute approximate surface area is 112 Å². The second-order valence-electron chi connectivity index (χ2n) is 3.62. The predicted octanol–water partition coefficient (Wildman–Crippen LogP) is 4.52. The Hall–Kier alpha value is -0.350. The zero-order valence-corrected chi connectivity index (χ0v) is 11.9. The highest BCUT2D eigenvalue weighted by Crippen LogP contribution is 2.31. The van der Waals surface area contributed by atoms with Crippen LogP contribution in [-0.4, -0.2) is 0 Å². The summed E-state index contributed by atoms with van der Waals surface area (Å²) in [5.41, 5.74) is 8.48. The summed E-state index contributed by atoms with van der Waals surface area (Å²) in [6, 6.07) is 9.78. The van der Waals surface area contributed by atoms with Gasteiger partial charge in [-0.25, -0.2) is 0 Å². The van der Waals surface area contributed by atoms with Gasteiger partial charge in [0, 0.05) is 9.90 Å². The standard InChI is InChI=1S/C12H11BrClNS/c1-7-2-3-8(14)6-9(7)12(15)10-4-5-11(13)16-10/h2-6,12H,15H2,1H3. The molecule has 0 aliphatic rings. The van der Waals surface area contributed by atoms with E-state index < -0.39 is 0 Å². The first-order valence-corrected chi connectivity index (χ1v) is 6.83. The molecule has 2 rings (SSSR count). The van der Waals surface area contributed by atoms with Gasteiger partial charge in [-0.2, -0.15) is 0 Å². The average Bonchev–Trinajstić information content (AvgIpc) is 2.67. The van der Waals surface area contributed by atoms with Crippen LogP contribution in [0.3, 0.4) is 0 Å². The third kappa shape index (κ3) is 2.48. The van der Waals surface area contributed by atoms with Crippen LogP contribution in [-0.2, 0) is 0 Å². The van der Waals surface area contributed by atoms with Crippen molar-refractivity contribution in [1.82, 2.24) is 0 Å². The van der Waals surface area contributed by atoms with Crippen LogP contribution in [0.25, 0.3) is 0 Å². The molecular weight excluding hydrogens is 306 g/mol. The normalized spacial score (nSPS) is 12.8. The van der Waals surface area contributed by atoms with Crippen molar-refractivity contribution in [3.05, 3.63) is 55.1 Å². The monoisotopic (exact) mass is 315 g/mol. The topological polar surface area (TPSA) is 26.0 Å². The van der Waals surface area contributed by atoms with Gasteiger partial charge in [0.25, 0.3) is 0 Å². The van der Waals surface area contributed by atoms with E-state index in [2.05, 4.69) is 15.9 Å². The van der Waals surface area contributed by atoms with E-state index in [9.17, 15) is 0 Å². The molecule has 0 aliphatic carbocycles. The van der Waals surface area contributed by atoms with Gasteiger partial charge >= 0.3 is 0 Å². The van der Waals surface area contributed by atoms with Gasteiger partial charge in [0.1, 0.15) is 0 Å². The highest BCUT2D eigenvalue weighted by atomic mass is 79.9. The Kier molecular flexibility index (Phi) is 3.70. The quantitative estimate of drug-likeness (QED) is 0.866. The van der Waals surface area contributed by atoms with Crippen LogP contribution in [0.1, 0.15) is 22.0 Å². The first-order chi connectivity index (χ1) is 7.58. The highest BCUT2D eigenvalue weighted by molar-refractivity contribution is 9.11. The van der Waals surface area contributed by atoms with Gasteiger partial charge in [-0.3, -0.25) is 0 Å². The maximum absolute atomic E-state index is 6.23. The summed E-state index contributed by atoms with van der Waals surface area (Å²) >= 11 is 11.1. The first kappa shape index (κ1) is 12.1. The van der Waals surface area contributed by atoms with E-state index in [4.69, 9.17) is 17.3 Å². The molecule has 1 aromatic heterocycles. The molecule has 0 saturated heterocycles. The molecule has 16 heavy (non-hydrogen) atoms. The molecule has 2 N–H and O–H groups in total. The molecule has 0 spiro atoms. The summed E-state index contributed by atoms with van der Waals surface area (Å²) < 4.78 is 1.10. The number of thiophene rings is 1. The van der Waals surface area contributed by atoms with E-state index in [1.807, 2.05) is 37.3 Å². The number of nitrogens with two attached hydrogens (primary N) is 1. The molecule has 0 fully saturated rings. The third-order valence-corrected chi connectivity index (χ3v) is 4.42. The largest absolute Gasteiger partial charge is 0.320 e. The van der Waals surface area contributed by atoms with Crippen LogP contribution in [0.15, 0.2) is 34.1 Å². The molecule has 0 bridgehead atoms. The molecule has 0 amide bonds. The molecular formula is C12H11BrClNS. The molecule has 1 nitrogen and oxygen atoms in total. The Bertz CT molecular complexity index is 509. The van der Waals surface area contributed by atoms with Crippen molar-refractivity contribution >= 4 is 38.9 Å². The van der Waals surface area contributed by atoms with Gasteiger partial charge in [-0.15, -0.1) is 11.3 Å². The number of halogens is 2. The maximum Gasteiger partial charge on any atom is 0.0702 e. The van der Waals surface area contributed by atoms with Gasteiger partial charge in [0.15, 0.2) is 0 Å². The molecule has 2 aromatic rings. The number of rotatable bonds is 2. The van der Waals surface area contributed by atoms with Gasteiger partial charge in [-0.05, 0) is 58.2 Å². The van der Waals surface area contributed by atoms with Crippen molar-refractivity contribution in [2.45, 2.75) is 13.0 Å². The molecule has 1 heterocycles. The van der Waals surface area contributed by atoms with Crippen LogP contribution in [0, 0.1) is 6.92 Å². The highest BCUT2D eigenvalue weighted by Gasteiger charge is 2.13. The summed E-state index contributed by atoms with van der Waals surface area (Å²) in [6.07, 6.45) is 0. The van der Waals surface area contributed by atoms with E-state index in [0.29, 0.717) is 0 Å². The number of aryl methyl sites for hydroxylation is 1. The zero-order valence-electron chi connectivity index (χ0n) is 8.71. The minimum absolute atomic E-state index is 0.102. The van der Waals surface area contributed by atoms with Crippen molar-refractivity contribution < 1.29 is 0 Å². The van der Waals surface area contributed by atoms with Crippen molar-refractivity contribution in [1.29, 1.82) is 0 Å². The molecule has 1 atom stereocenters. The number of hydrogen-bond donors (Lipinski definition) is 1. The predicted molar refractivity (Wildman–Crippen MR) is 74.2 cm³/mol. The lowest BCUT2D eigenvalue weighted by atomic mass is 10.0. The van der Waals surface area contributed by atoms with Crippen LogP contribution in [0.4, 0.5) is 0 Å². The van der Waals surface area contributed by atoms with Crippen molar-refractivity contribution in [3.63, 3.8) is 0 Å². The average molecular weight is 317 g/mol. The molecule has 84 valence electrons. The van der Waals surface area contributed by atoms with E-state index >= 15 is 0 Å². The van der Waals surface area contributed by atoms with E-state index in [1.54, 1.807) is 11.3 Å². The Morgan fingerprint density at radius 2 is 2.06 bits per heavy atom. The van der Waals surface area contributed by atoms with Gasteiger partial charge < -0.3 is 5.73 Å². The molecule has 4 heteroatoms. The van der Waals surface area contributed by atoms with Crippen molar-refractivity contribution in [2.75, 3.05) is 0 Å². The number of hydrogen-bond acceptors (Lipinski definition) is 2.